The molecule has 0 saturated carbocycles. The molecule has 2 N–H and O–H groups in total. The zero-order valence-corrected chi connectivity index (χ0v) is 17.6. The van der Waals surface area contributed by atoms with Gasteiger partial charge in [-0.3, -0.25) is 14.4 Å². The Balaban J connectivity index is 1.45. The van der Waals surface area contributed by atoms with E-state index < -0.39 is 15.9 Å². The first-order valence-electron chi connectivity index (χ1n) is 9.92. The molecule has 2 heterocycles. The Morgan fingerprint density at radius 2 is 1.84 bits per heavy atom. The van der Waals surface area contributed by atoms with E-state index in [1.807, 2.05) is 55.5 Å². The summed E-state index contributed by atoms with van der Waals surface area (Å²) in [5.74, 6) is -0.132. The van der Waals surface area contributed by atoms with E-state index in [2.05, 4.69) is 15.3 Å². The summed E-state index contributed by atoms with van der Waals surface area (Å²) in [6.45, 7) is 1.88. The number of anilines is 2. The maximum atomic E-state index is 13.4. The van der Waals surface area contributed by atoms with Crippen molar-refractivity contribution in [3.05, 3.63) is 83.9 Å². The van der Waals surface area contributed by atoms with Crippen LogP contribution in [0.1, 0.15) is 22.8 Å². The average molecular weight is 433 g/mol. The minimum Gasteiger partial charge on any atom is -0.324 e. The fourth-order valence-corrected chi connectivity index (χ4v) is 5.75. The summed E-state index contributed by atoms with van der Waals surface area (Å²) in [6, 6.07) is 20.8. The smallest absolute Gasteiger partial charge is 0.264 e. The molecule has 156 valence electrons. The number of aromatic amines is 1. The standard InChI is InChI=1S/C23H20N4O3S/c1-15-13-16-7-2-5-12-21(16)27(15)31(29,30)18-9-6-8-17(14-18)22(28)26-23-24-19-10-3-4-11-20(19)25-23/h2-12,14-15H,13H2,1H3,(H2,24,25,26,28). The number of nitrogens with one attached hydrogen (secondary N) is 2. The molecule has 0 fully saturated rings. The molecule has 0 spiro atoms. The van der Waals surface area contributed by atoms with E-state index in [0.29, 0.717) is 18.1 Å². The first-order valence-corrected chi connectivity index (χ1v) is 11.4. The third-order valence-electron chi connectivity index (χ3n) is 5.42. The lowest BCUT2D eigenvalue weighted by Gasteiger charge is -2.24. The van der Waals surface area contributed by atoms with Crippen molar-refractivity contribution in [1.29, 1.82) is 0 Å². The van der Waals surface area contributed by atoms with Crippen LogP contribution in [-0.4, -0.2) is 30.3 Å². The molecule has 0 radical (unpaired) electrons. The first kappa shape index (κ1) is 19.3. The van der Waals surface area contributed by atoms with Crippen LogP contribution in [0.4, 0.5) is 11.6 Å². The van der Waals surface area contributed by atoms with E-state index in [4.69, 9.17) is 0 Å². The lowest BCUT2D eigenvalue weighted by atomic mass is 10.1. The highest BCUT2D eigenvalue weighted by Gasteiger charge is 2.36. The van der Waals surface area contributed by atoms with Crippen LogP contribution in [0.2, 0.25) is 0 Å². The molecule has 1 aliphatic rings. The van der Waals surface area contributed by atoms with Gasteiger partial charge in [-0.1, -0.05) is 36.4 Å². The van der Waals surface area contributed by atoms with Crippen molar-refractivity contribution in [3.63, 3.8) is 0 Å². The number of carbonyl (C=O) groups excluding carboxylic acids is 1. The summed E-state index contributed by atoms with van der Waals surface area (Å²) in [7, 11) is -3.82. The summed E-state index contributed by atoms with van der Waals surface area (Å²) >= 11 is 0. The molecule has 5 rings (SSSR count). The number of aromatic nitrogens is 2. The predicted octanol–water partition coefficient (Wildman–Crippen LogP) is 3.96. The van der Waals surface area contributed by atoms with Crippen LogP contribution in [0.15, 0.2) is 77.7 Å². The van der Waals surface area contributed by atoms with Crippen LogP contribution < -0.4 is 9.62 Å². The van der Waals surface area contributed by atoms with Crippen molar-refractivity contribution in [1.82, 2.24) is 9.97 Å². The van der Waals surface area contributed by atoms with E-state index in [9.17, 15) is 13.2 Å². The quantitative estimate of drug-likeness (QED) is 0.510. The molecule has 31 heavy (non-hydrogen) atoms. The van der Waals surface area contributed by atoms with Crippen molar-refractivity contribution in [2.75, 3.05) is 9.62 Å². The Labute approximate surface area is 179 Å². The molecule has 1 atom stereocenters. The minimum absolute atomic E-state index is 0.0771. The number of fused-ring (bicyclic) bond motifs is 2. The summed E-state index contributed by atoms with van der Waals surface area (Å²) in [4.78, 5) is 20.2. The van der Waals surface area contributed by atoms with Gasteiger partial charge in [-0.15, -0.1) is 0 Å². The highest BCUT2D eigenvalue weighted by molar-refractivity contribution is 7.92. The highest BCUT2D eigenvalue weighted by atomic mass is 32.2. The molecule has 3 aromatic carbocycles. The third-order valence-corrected chi connectivity index (χ3v) is 7.34. The maximum Gasteiger partial charge on any atom is 0.264 e. The van der Waals surface area contributed by atoms with E-state index in [-0.39, 0.29) is 16.5 Å². The van der Waals surface area contributed by atoms with Crippen molar-refractivity contribution in [3.8, 4) is 0 Å². The van der Waals surface area contributed by atoms with E-state index in [0.717, 1.165) is 16.6 Å². The van der Waals surface area contributed by atoms with E-state index in [1.54, 1.807) is 12.1 Å². The van der Waals surface area contributed by atoms with Crippen LogP contribution >= 0.6 is 0 Å². The Kier molecular flexibility index (Phi) is 4.51. The SMILES string of the molecule is CC1Cc2ccccc2N1S(=O)(=O)c1cccc(C(=O)Nc2nc3ccccc3[nH]2)c1. The Hall–Kier alpha value is -3.65. The number of amides is 1. The number of hydrogen-bond acceptors (Lipinski definition) is 4. The molecule has 0 saturated heterocycles. The normalized spacial score (nSPS) is 15.8. The van der Waals surface area contributed by atoms with Crippen molar-refractivity contribution in [2.24, 2.45) is 0 Å². The number of benzene rings is 3. The number of nitrogens with zero attached hydrogens (tertiary/aromatic N) is 2. The van der Waals surface area contributed by atoms with Gasteiger partial charge in [0.15, 0.2) is 0 Å². The van der Waals surface area contributed by atoms with E-state index >= 15 is 0 Å². The number of sulfonamides is 1. The van der Waals surface area contributed by atoms with Gasteiger partial charge in [-0.05, 0) is 55.3 Å². The summed E-state index contributed by atoms with van der Waals surface area (Å²) in [5, 5.41) is 2.71. The summed E-state index contributed by atoms with van der Waals surface area (Å²) in [5.41, 5.74) is 3.46. The van der Waals surface area contributed by atoms with Crippen LogP contribution in [0, 0.1) is 0 Å². The van der Waals surface area contributed by atoms with Gasteiger partial charge < -0.3 is 4.98 Å². The van der Waals surface area contributed by atoms with Gasteiger partial charge in [0.05, 0.1) is 21.6 Å². The van der Waals surface area contributed by atoms with Gasteiger partial charge in [0.25, 0.3) is 15.9 Å². The van der Waals surface area contributed by atoms with Crippen molar-refractivity contribution < 1.29 is 13.2 Å². The zero-order valence-electron chi connectivity index (χ0n) is 16.7. The molecule has 0 bridgehead atoms. The lowest BCUT2D eigenvalue weighted by Crippen LogP contribution is -2.35. The van der Waals surface area contributed by atoms with Crippen LogP contribution in [0.25, 0.3) is 11.0 Å². The average Bonchev–Trinajstić information content (AvgIpc) is 3.33. The van der Waals surface area contributed by atoms with Gasteiger partial charge in [-0.25, -0.2) is 13.4 Å². The number of hydrogen-bond donors (Lipinski definition) is 2. The van der Waals surface area contributed by atoms with Gasteiger partial charge >= 0.3 is 0 Å². The molecule has 7 nitrogen and oxygen atoms in total. The molecule has 8 heteroatoms. The van der Waals surface area contributed by atoms with Crippen molar-refractivity contribution >= 4 is 38.6 Å². The van der Waals surface area contributed by atoms with Gasteiger partial charge in [0, 0.05) is 11.6 Å². The molecule has 1 aromatic heterocycles. The molecular weight excluding hydrogens is 412 g/mol. The number of para-hydroxylation sites is 3. The topological polar surface area (TPSA) is 95.2 Å². The van der Waals surface area contributed by atoms with Crippen molar-refractivity contribution in [2.45, 2.75) is 24.3 Å². The van der Waals surface area contributed by atoms with Gasteiger partial charge in [-0.2, -0.15) is 0 Å². The molecule has 1 unspecified atom stereocenters. The second-order valence-corrected chi connectivity index (χ2v) is 9.38. The van der Waals surface area contributed by atoms with Gasteiger partial charge in [0.2, 0.25) is 5.95 Å². The molecule has 1 amide bonds. The van der Waals surface area contributed by atoms with Crippen LogP contribution in [0.5, 0.6) is 0 Å². The number of rotatable bonds is 4. The fraction of sp³-hybridized carbons (Fsp3) is 0.130. The molecule has 1 aliphatic heterocycles. The monoisotopic (exact) mass is 432 g/mol. The fourth-order valence-electron chi connectivity index (χ4n) is 4.01. The minimum atomic E-state index is -3.82. The Bertz CT molecular complexity index is 1380. The third kappa shape index (κ3) is 3.34. The second kappa shape index (κ2) is 7.24. The number of imidazole rings is 1. The second-order valence-electron chi connectivity index (χ2n) is 7.57. The van der Waals surface area contributed by atoms with Gasteiger partial charge in [0.1, 0.15) is 0 Å². The molecular formula is C23H20N4O3S. The maximum absolute atomic E-state index is 13.4. The number of H-pyrrole nitrogens is 1. The zero-order chi connectivity index (χ0) is 21.6. The van der Waals surface area contributed by atoms with E-state index in [1.165, 1.54) is 16.4 Å². The first-order chi connectivity index (χ1) is 14.9. The Morgan fingerprint density at radius 3 is 2.68 bits per heavy atom. The predicted molar refractivity (Wildman–Crippen MR) is 120 cm³/mol. The number of carbonyl (C=O) groups is 1. The van der Waals surface area contributed by atoms with Crippen LogP contribution in [0.3, 0.4) is 0 Å². The Morgan fingerprint density at radius 1 is 1.06 bits per heavy atom. The highest BCUT2D eigenvalue weighted by Crippen LogP contribution is 2.36. The summed E-state index contributed by atoms with van der Waals surface area (Å²) < 4.78 is 28.3. The largest absolute Gasteiger partial charge is 0.324 e. The lowest BCUT2D eigenvalue weighted by molar-refractivity contribution is 0.102. The van der Waals surface area contributed by atoms with Crippen LogP contribution in [-0.2, 0) is 16.4 Å². The molecule has 4 aromatic rings. The summed E-state index contributed by atoms with van der Waals surface area (Å²) in [6.07, 6.45) is 0.654. The molecule has 0 aliphatic carbocycles.